The number of sulfonamides is 1. The molecule has 3 unspecified atom stereocenters. The first-order valence-electron chi connectivity index (χ1n) is 11.6. The van der Waals surface area contributed by atoms with E-state index in [-0.39, 0.29) is 32.5 Å². The summed E-state index contributed by atoms with van der Waals surface area (Å²) in [6.45, 7) is 4.65. The summed E-state index contributed by atoms with van der Waals surface area (Å²) in [5.74, 6) is 1.53. The molecule has 174 valence electrons. The lowest BCUT2D eigenvalue weighted by molar-refractivity contribution is -0.118. The Morgan fingerprint density at radius 3 is 2.62 bits per heavy atom. The maximum Gasteiger partial charge on any atom is 0.339 e. The Morgan fingerprint density at radius 2 is 1.91 bits per heavy atom. The summed E-state index contributed by atoms with van der Waals surface area (Å²) in [7, 11) is -3.82. The van der Waals surface area contributed by atoms with E-state index >= 15 is 0 Å². The molecule has 32 heavy (non-hydrogen) atoms. The van der Waals surface area contributed by atoms with Gasteiger partial charge in [0.05, 0.1) is 5.56 Å². The van der Waals surface area contributed by atoms with Gasteiger partial charge in [0.15, 0.2) is 5.78 Å². The SMILES string of the molecule is C[C@]12CCC(=O)C=C1CCC1C2CC[C@@]2(C)C1CC[C@@H]2OC(=O)c1csc(S(N)(=O)=O)c1. The lowest BCUT2D eigenvalue weighted by Gasteiger charge is -2.57. The van der Waals surface area contributed by atoms with Crippen molar-refractivity contribution in [1.29, 1.82) is 0 Å². The highest BCUT2D eigenvalue weighted by Gasteiger charge is 2.60. The van der Waals surface area contributed by atoms with Gasteiger partial charge in [0.1, 0.15) is 10.3 Å². The van der Waals surface area contributed by atoms with Gasteiger partial charge in [0, 0.05) is 17.2 Å². The van der Waals surface area contributed by atoms with E-state index in [1.54, 1.807) is 0 Å². The fraction of sp³-hybridized carbons (Fsp3) is 0.667. The molecule has 4 aliphatic rings. The molecule has 0 spiro atoms. The van der Waals surface area contributed by atoms with Gasteiger partial charge in [0.2, 0.25) is 10.0 Å². The molecule has 1 aromatic rings. The van der Waals surface area contributed by atoms with E-state index in [1.165, 1.54) is 17.0 Å². The number of allylic oxidation sites excluding steroid dienone is 1. The number of rotatable bonds is 3. The highest BCUT2D eigenvalue weighted by molar-refractivity contribution is 7.91. The fourth-order valence-corrected chi connectivity index (χ4v) is 9.05. The summed E-state index contributed by atoms with van der Waals surface area (Å²) >= 11 is 0.947. The minimum atomic E-state index is -3.82. The van der Waals surface area contributed by atoms with Crippen molar-refractivity contribution in [3.8, 4) is 0 Å². The van der Waals surface area contributed by atoms with Gasteiger partial charge in [-0.05, 0) is 80.3 Å². The molecule has 8 heteroatoms. The number of fused-ring (bicyclic) bond motifs is 5. The monoisotopic (exact) mass is 477 g/mol. The predicted octanol–water partition coefficient (Wildman–Crippen LogP) is 4.45. The molecule has 3 saturated carbocycles. The van der Waals surface area contributed by atoms with Gasteiger partial charge in [-0.1, -0.05) is 19.4 Å². The average molecular weight is 478 g/mol. The molecule has 6 atom stereocenters. The van der Waals surface area contributed by atoms with Crippen molar-refractivity contribution in [1.82, 2.24) is 0 Å². The van der Waals surface area contributed by atoms with E-state index in [9.17, 15) is 18.0 Å². The Bertz CT molecular complexity index is 1110. The molecule has 5 rings (SSSR count). The number of ether oxygens (including phenoxy) is 1. The minimum absolute atomic E-state index is 0.0225. The Kier molecular flexibility index (Phi) is 5.23. The van der Waals surface area contributed by atoms with Crippen LogP contribution in [0.3, 0.4) is 0 Å². The van der Waals surface area contributed by atoms with Crippen molar-refractivity contribution in [2.24, 2.45) is 33.7 Å². The number of esters is 1. The van der Waals surface area contributed by atoms with Crippen molar-refractivity contribution in [2.75, 3.05) is 0 Å². The highest BCUT2D eigenvalue weighted by atomic mass is 32.2. The summed E-state index contributed by atoms with van der Waals surface area (Å²) in [5.41, 5.74) is 1.69. The molecule has 0 radical (unpaired) electrons. The van der Waals surface area contributed by atoms with E-state index < -0.39 is 16.0 Å². The number of hydrogen-bond acceptors (Lipinski definition) is 6. The van der Waals surface area contributed by atoms with Gasteiger partial charge in [0.25, 0.3) is 0 Å². The molecule has 0 bridgehead atoms. The number of thiophene rings is 1. The molecule has 2 N–H and O–H groups in total. The standard InChI is InChI=1S/C24H31NO5S2/c1-23-9-7-16(26)12-15(23)3-4-17-18-5-6-20(24(18,2)10-8-19(17)23)30-22(27)14-11-21(31-13-14)32(25,28)29/h11-13,17-20H,3-10H2,1-2H3,(H2,25,28,29)/t17?,18?,19?,20-,23-,24-/m0/s1. The molecule has 0 aromatic carbocycles. The third-order valence-corrected chi connectivity index (χ3v) is 11.6. The smallest absolute Gasteiger partial charge is 0.339 e. The second kappa shape index (κ2) is 7.50. The van der Waals surface area contributed by atoms with Crippen LogP contribution in [-0.4, -0.2) is 26.3 Å². The molecule has 1 heterocycles. The summed E-state index contributed by atoms with van der Waals surface area (Å²) in [6.07, 6.45) is 9.53. The largest absolute Gasteiger partial charge is 0.458 e. The minimum Gasteiger partial charge on any atom is -0.458 e. The first-order valence-corrected chi connectivity index (χ1v) is 14.0. The van der Waals surface area contributed by atoms with Crippen LogP contribution in [0.15, 0.2) is 27.3 Å². The highest BCUT2D eigenvalue weighted by Crippen LogP contribution is 2.65. The number of nitrogens with two attached hydrogens (primary N) is 1. The van der Waals surface area contributed by atoms with Gasteiger partial charge in [-0.15, -0.1) is 11.3 Å². The normalized spacial score (nSPS) is 39.0. The van der Waals surface area contributed by atoms with E-state index in [0.717, 1.165) is 56.3 Å². The fourth-order valence-electron chi connectivity index (χ4n) is 7.47. The Morgan fingerprint density at radius 1 is 1.12 bits per heavy atom. The lowest BCUT2D eigenvalue weighted by Crippen LogP contribution is -2.51. The van der Waals surface area contributed by atoms with E-state index in [0.29, 0.717) is 24.2 Å². The number of hydrogen-bond donors (Lipinski definition) is 1. The first kappa shape index (κ1) is 22.3. The molecule has 6 nitrogen and oxygen atoms in total. The van der Waals surface area contributed by atoms with Crippen LogP contribution in [0.1, 0.15) is 75.6 Å². The lowest BCUT2D eigenvalue weighted by atomic mass is 9.47. The van der Waals surface area contributed by atoms with Gasteiger partial charge in [-0.25, -0.2) is 18.4 Å². The van der Waals surface area contributed by atoms with Crippen molar-refractivity contribution in [3.63, 3.8) is 0 Å². The molecular weight excluding hydrogens is 446 g/mol. The quantitative estimate of drug-likeness (QED) is 0.648. The Balaban J connectivity index is 1.34. The maximum atomic E-state index is 12.8. The Labute approximate surface area is 193 Å². The van der Waals surface area contributed by atoms with Crippen LogP contribution < -0.4 is 5.14 Å². The number of carbonyl (C=O) groups excluding carboxylic acids is 2. The summed E-state index contributed by atoms with van der Waals surface area (Å²) in [4.78, 5) is 24.8. The zero-order chi connectivity index (χ0) is 22.9. The molecule has 0 saturated heterocycles. The van der Waals surface area contributed by atoms with Gasteiger partial charge >= 0.3 is 5.97 Å². The van der Waals surface area contributed by atoms with Crippen LogP contribution in [0.5, 0.6) is 0 Å². The second-order valence-corrected chi connectivity index (χ2v) is 13.4. The van der Waals surface area contributed by atoms with E-state index in [1.807, 2.05) is 6.08 Å². The van der Waals surface area contributed by atoms with Crippen LogP contribution >= 0.6 is 11.3 Å². The zero-order valence-corrected chi connectivity index (χ0v) is 20.3. The number of ketones is 1. The summed E-state index contributed by atoms with van der Waals surface area (Å²) in [6, 6.07) is 1.31. The van der Waals surface area contributed by atoms with Gasteiger partial charge in [-0.3, -0.25) is 4.79 Å². The predicted molar refractivity (Wildman–Crippen MR) is 122 cm³/mol. The summed E-state index contributed by atoms with van der Waals surface area (Å²) in [5, 5.41) is 6.69. The Hall–Kier alpha value is -1.51. The van der Waals surface area contributed by atoms with Crippen molar-refractivity contribution in [3.05, 3.63) is 28.7 Å². The number of carbonyl (C=O) groups is 2. The third-order valence-electron chi connectivity index (χ3n) is 9.22. The van der Waals surface area contributed by atoms with Gasteiger partial charge < -0.3 is 4.74 Å². The molecule has 1 aromatic heterocycles. The molecule has 3 fully saturated rings. The van der Waals surface area contributed by atoms with Crippen LogP contribution in [0, 0.1) is 28.6 Å². The molecule has 0 aliphatic heterocycles. The molecule has 4 aliphatic carbocycles. The van der Waals surface area contributed by atoms with E-state index in [2.05, 4.69) is 13.8 Å². The second-order valence-electron chi connectivity index (χ2n) is 10.7. The summed E-state index contributed by atoms with van der Waals surface area (Å²) < 4.78 is 29.1. The van der Waals surface area contributed by atoms with Crippen LogP contribution in [0.2, 0.25) is 0 Å². The zero-order valence-electron chi connectivity index (χ0n) is 18.6. The van der Waals surface area contributed by atoms with Crippen LogP contribution in [0.4, 0.5) is 0 Å². The van der Waals surface area contributed by atoms with Crippen LogP contribution in [0.25, 0.3) is 0 Å². The molecular formula is C24H31NO5S2. The maximum absolute atomic E-state index is 12.8. The van der Waals surface area contributed by atoms with Crippen molar-refractivity contribution in [2.45, 2.75) is 75.5 Å². The van der Waals surface area contributed by atoms with Gasteiger partial charge in [-0.2, -0.15) is 0 Å². The third kappa shape index (κ3) is 3.41. The van der Waals surface area contributed by atoms with E-state index in [4.69, 9.17) is 9.88 Å². The average Bonchev–Trinajstić information content (AvgIpc) is 3.34. The first-order chi connectivity index (χ1) is 15.0. The topological polar surface area (TPSA) is 104 Å². The van der Waals surface area contributed by atoms with Crippen molar-refractivity contribution >= 4 is 33.1 Å². The molecule has 0 amide bonds. The van der Waals surface area contributed by atoms with Crippen molar-refractivity contribution < 1.29 is 22.7 Å². The van der Waals surface area contributed by atoms with Crippen LogP contribution in [-0.2, 0) is 19.6 Å². The number of primary sulfonamides is 1.